The lowest BCUT2D eigenvalue weighted by Gasteiger charge is -2.22. The summed E-state index contributed by atoms with van der Waals surface area (Å²) < 4.78 is 0. The van der Waals surface area contributed by atoms with Crippen LogP contribution in [0, 0.1) is 0 Å². The van der Waals surface area contributed by atoms with E-state index in [9.17, 15) is 4.79 Å². The van der Waals surface area contributed by atoms with Crippen LogP contribution in [0.25, 0.3) is 0 Å². The van der Waals surface area contributed by atoms with Gasteiger partial charge in [-0.3, -0.25) is 9.69 Å². The summed E-state index contributed by atoms with van der Waals surface area (Å²) in [6.45, 7) is 1.89. The molecule has 2 atom stereocenters. The molecule has 2 saturated heterocycles. The van der Waals surface area contributed by atoms with Gasteiger partial charge in [-0.25, -0.2) is 0 Å². The molecule has 2 aliphatic rings. The predicted molar refractivity (Wildman–Crippen MR) is 46.8 cm³/mol. The van der Waals surface area contributed by atoms with Gasteiger partial charge in [-0.2, -0.15) is 0 Å². The number of amides is 1. The molecule has 0 aromatic heterocycles. The molecular weight excluding hydrogens is 152 g/mol. The minimum absolute atomic E-state index is 0.628. The molecule has 2 unspecified atom stereocenters. The zero-order valence-corrected chi connectivity index (χ0v) is 7.57. The van der Waals surface area contributed by atoms with Crippen molar-refractivity contribution in [3.8, 4) is 0 Å². The average Bonchev–Trinajstić information content (AvgIpc) is 2.27. The van der Waals surface area contributed by atoms with E-state index in [1.54, 1.807) is 0 Å². The van der Waals surface area contributed by atoms with Gasteiger partial charge in [-0.05, 0) is 26.3 Å². The molecule has 0 aliphatic carbocycles. The Balaban J connectivity index is 2.06. The van der Waals surface area contributed by atoms with E-state index in [0.717, 1.165) is 32.0 Å². The van der Waals surface area contributed by atoms with Crippen LogP contribution in [-0.4, -0.2) is 48.4 Å². The van der Waals surface area contributed by atoms with E-state index < -0.39 is 0 Å². The number of carbonyl (C=O) groups is 1. The lowest BCUT2D eigenvalue weighted by molar-refractivity contribution is -0.118. The SMILES string of the molecule is CN1C2CCC1CN(C=O)CC2. The fraction of sp³-hybridized carbons (Fsp3) is 0.889. The van der Waals surface area contributed by atoms with E-state index in [-0.39, 0.29) is 0 Å². The highest BCUT2D eigenvalue weighted by Gasteiger charge is 2.33. The second-order valence-electron chi connectivity index (χ2n) is 3.94. The fourth-order valence-corrected chi connectivity index (χ4v) is 2.43. The molecule has 0 saturated carbocycles. The van der Waals surface area contributed by atoms with Crippen LogP contribution in [-0.2, 0) is 4.79 Å². The van der Waals surface area contributed by atoms with Crippen LogP contribution >= 0.6 is 0 Å². The summed E-state index contributed by atoms with van der Waals surface area (Å²) in [6, 6.07) is 1.36. The van der Waals surface area contributed by atoms with Crippen molar-refractivity contribution in [2.45, 2.75) is 31.3 Å². The number of rotatable bonds is 1. The smallest absolute Gasteiger partial charge is 0.209 e. The largest absolute Gasteiger partial charge is 0.344 e. The van der Waals surface area contributed by atoms with E-state index in [0.29, 0.717) is 6.04 Å². The molecule has 0 N–H and O–H groups in total. The molecule has 3 nitrogen and oxygen atoms in total. The van der Waals surface area contributed by atoms with Gasteiger partial charge in [0.2, 0.25) is 6.41 Å². The van der Waals surface area contributed by atoms with Crippen molar-refractivity contribution in [2.24, 2.45) is 0 Å². The Kier molecular flexibility index (Phi) is 2.05. The monoisotopic (exact) mass is 168 g/mol. The van der Waals surface area contributed by atoms with Gasteiger partial charge in [-0.1, -0.05) is 0 Å². The maximum Gasteiger partial charge on any atom is 0.209 e. The van der Waals surface area contributed by atoms with Crippen molar-refractivity contribution in [3.05, 3.63) is 0 Å². The van der Waals surface area contributed by atoms with E-state index in [1.165, 1.54) is 12.8 Å². The van der Waals surface area contributed by atoms with Gasteiger partial charge in [-0.15, -0.1) is 0 Å². The first-order chi connectivity index (χ1) is 5.81. The Hall–Kier alpha value is -0.570. The molecule has 12 heavy (non-hydrogen) atoms. The zero-order chi connectivity index (χ0) is 8.55. The van der Waals surface area contributed by atoms with Gasteiger partial charge in [0.15, 0.2) is 0 Å². The molecule has 3 heteroatoms. The summed E-state index contributed by atoms with van der Waals surface area (Å²) in [5.74, 6) is 0. The predicted octanol–water partition coefficient (Wildman–Crippen LogP) is 0.311. The summed E-state index contributed by atoms with van der Waals surface area (Å²) in [5, 5.41) is 0. The van der Waals surface area contributed by atoms with Gasteiger partial charge >= 0.3 is 0 Å². The third-order valence-corrected chi connectivity index (χ3v) is 3.33. The van der Waals surface area contributed by atoms with Crippen LogP contribution < -0.4 is 0 Å². The fourth-order valence-electron chi connectivity index (χ4n) is 2.43. The van der Waals surface area contributed by atoms with Crippen molar-refractivity contribution in [3.63, 3.8) is 0 Å². The zero-order valence-electron chi connectivity index (χ0n) is 7.57. The Labute approximate surface area is 73.3 Å². The summed E-state index contributed by atoms with van der Waals surface area (Å²) in [7, 11) is 2.19. The van der Waals surface area contributed by atoms with E-state index in [2.05, 4.69) is 11.9 Å². The average molecular weight is 168 g/mol. The quantitative estimate of drug-likeness (QED) is 0.526. The number of carbonyl (C=O) groups excluding carboxylic acids is 1. The Morgan fingerprint density at radius 1 is 1.25 bits per heavy atom. The lowest BCUT2D eigenvalue weighted by atomic mass is 10.1. The standard InChI is InChI=1S/C9H16N2O/c1-10-8-2-3-9(10)6-11(7-12)5-4-8/h7-9H,2-6H2,1H3. The number of fused-ring (bicyclic) bond motifs is 2. The van der Waals surface area contributed by atoms with Gasteiger partial charge in [0.1, 0.15) is 0 Å². The summed E-state index contributed by atoms with van der Waals surface area (Å²) in [4.78, 5) is 15.0. The van der Waals surface area contributed by atoms with Crippen LogP contribution in [0.1, 0.15) is 19.3 Å². The minimum Gasteiger partial charge on any atom is -0.344 e. The first-order valence-corrected chi connectivity index (χ1v) is 4.72. The molecule has 68 valence electrons. The molecule has 2 fully saturated rings. The van der Waals surface area contributed by atoms with Gasteiger partial charge < -0.3 is 4.90 Å². The van der Waals surface area contributed by atoms with Crippen molar-refractivity contribution >= 4 is 6.41 Å². The normalized spacial score (nSPS) is 36.6. The van der Waals surface area contributed by atoms with Gasteiger partial charge in [0.05, 0.1) is 0 Å². The van der Waals surface area contributed by atoms with Crippen molar-refractivity contribution in [1.29, 1.82) is 0 Å². The molecule has 2 heterocycles. The highest BCUT2D eigenvalue weighted by atomic mass is 16.1. The molecule has 2 bridgehead atoms. The molecule has 0 aromatic rings. The third-order valence-electron chi connectivity index (χ3n) is 3.33. The van der Waals surface area contributed by atoms with Crippen LogP contribution in [0.3, 0.4) is 0 Å². The minimum atomic E-state index is 0.628. The number of hydrogen-bond donors (Lipinski definition) is 0. The molecule has 0 spiro atoms. The van der Waals surface area contributed by atoms with Crippen LogP contribution in [0.5, 0.6) is 0 Å². The molecule has 1 amide bonds. The lowest BCUT2D eigenvalue weighted by Crippen LogP contribution is -2.35. The van der Waals surface area contributed by atoms with Crippen LogP contribution in [0.2, 0.25) is 0 Å². The first-order valence-electron chi connectivity index (χ1n) is 4.72. The molecule has 2 rings (SSSR count). The van der Waals surface area contributed by atoms with Gasteiger partial charge in [0.25, 0.3) is 0 Å². The first kappa shape index (κ1) is 8.05. The molecule has 2 aliphatic heterocycles. The Morgan fingerprint density at radius 3 is 2.75 bits per heavy atom. The second kappa shape index (κ2) is 3.05. The second-order valence-corrected chi connectivity index (χ2v) is 3.94. The van der Waals surface area contributed by atoms with Crippen molar-refractivity contribution in [2.75, 3.05) is 20.1 Å². The Morgan fingerprint density at radius 2 is 2.00 bits per heavy atom. The number of likely N-dealkylation sites (tertiary alicyclic amines) is 1. The van der Waals surface area contributed by atoms with Crippen molar-refractivity contribution < 1.29 is 4.79 Å². The topological polar surface area (TPSA) is 23.6 Å². The summed E-state index contributed by atoms with van der Waals surface area (Å²) >= 11 is 0. The third kappa shape index (κ3) is 1.22. The molecule has 0 radical (unpaired) electrons. The summed E-state index contributed by atoms with van der Waals surface area (Å²) in [6.07, 6.45) is 4.75. The molecule has 0 aromatic carbocycles. The van der Waals surface area contributed by atoms with E-state index >= 15 is 0 Å². The highest BCUT2D eigenvalue weighted by molar-refractivity contribution is 5.47. The number of likely N-dealkylation sites (N-methyl/N-ethyl adjacent to an activating group) is 1. The number of nitrogens with zero attached hydrogens (tertiary/aromatic N) is 2. The van der Waals surface area contributed by atoms with E-state index in [1.807, 2.05) is 4.90 Å². The van der Waals surface area contributed by atoms with E-state index in [4.69, 9.17) is 0 Å². The van der Waals surface area contributed by atoms with Crippen molar-refractivity contribution in [1.82, 2.24) is 9.80 Å². The summed E-state index contributed by atoms with van der Waals surface area (Å²) in [5.41, 5.74) is 0. The maximum absolute atomic E-state index is 10.6. The van der Waals surface area contributed by atoms with Crippen LogP contribution in [0.4, 0.5) is 0 Å². The van der Waals surface area contributed by atoms with Crippen LogP contribution in [0.15, 0.2) is 0 Å². The highest BCUT2D eigenvalue weighted by Crippen LogP contribution is 2.27. The maximum atomic E-state index is 10.6. The van der Waals surface area contributed by atoms with Gasteiger partial charge in [0, 0.05) is 25.2 Å². The molecular formula is C9H16N2O. The Bertz CT molecular complexity index is 183. The number of hydrogen-bond acceptors (Lipinski definition) is 2.